The molecule has 140 valence electrons. The Kier molecular flexibility index (Phi) is 5.18. The van der Waals surface area contributed by atoms with Crippen LogP contribution in [0, 0.1) is 5.92 Å². The molecule has 1 atom stereocenters. The number of H-pyrrole nitrogens is 1. The van der Waals surface area contributed by atoms with Gasteiger partial charge in [-0.2, -0.15) is 5.10 Å². The Balaban J connectivity index is 2.03. The number of rotatable bonds is 5. The van der Waals surface area contributed by atoms with Crippen molar-refractivity contribution in [3.63, 3.8) is 0 Å². The molecule has 0 bridgehead atoms. The van der Waals surface area contributed by atoms with E-state index in [1.165, 1.54) is 31.4 Å². The van der Waals surface area contributed by atoms with Crippen molar-refractivity contribution in [1.82, 2.24) is 10.2 Å². The third kappa shape index (κ3) is 3.67. The minimum atomic E-state index is -3.28. The van der Waals surface area contributed by atoms with Gasteiger partial charge >= 0.3 is 5.97 Å². The van der Waals surface area contributed by atoms with Crippen molar-refractivity contribution >= 4 is 15.8 Å². The maximum atomic E-state index is 11.7. The van der Waals surface area contributed by atoms with Gasteiger partial charge in [0.15, 0.2) is 9.84 Å². The molecule has 26 heavy (non-hydrogen) atoms. The fraction of sp³-hybridized carbons (Fsp3) is 0.474. The maximum absolute atomic E-state index is 11.7. The quantitative estimate of drug-likeness (QED) is 0.825. The van der Waals surface area contributed by atoms with E-state index in [9.17, 15) is 18.3 Å². The van der Waals surface area contributed by atoms with Gasteiger partial charge in [-0.1, -0.05) is 38.3 Å². The van der Waals surface area contributed by atoms with Gasteiger partial charge in [-0.05, 0) is 36.8 Å². The van der Waals surface area contributed by atoms with E-state index in [0.717, 1.165) is 30.2 Å². The number of nitrogens with one attached hydrogen (secondary N) is 1. The average molecular weight is 376 g/mol. The Morgan fingerprint density at radius 3 is 2.35 bits per heavy atom. The molecule has 1 fully saturated rings. The number of hydrogen-bond donors (Lipinski definition) is 2. The SMILES string of the molecule is CC(c1c(-c2ccc(S(C)(=O)=O)cc2)n[nH]c1C(=O)O)C1CCCCC1. The summed E-state index contributed by atoms with van der Waals surface area (Å²) in [6.45, 7) is 2.07. The molecule has 0 radical (unpaired) electrons. The number of hydrogen-bond acceptors (Lipinski definition) is 4. The molecule has 1 aliphatic carbocycles. The van der Waals surface area contributed by atoms with Crippen molar-refractivity contribution in [2.45, 2.75) is 49.8 Å². The van der Waals surface area contributed by atoms with E-state index in [2.05, 4.69) is 17.1 Å². The van der Waals surface area contributed by atoms with Gasteiger partial charge in [0.1, 0.15) is 5.69 Å². The van der Waals surface area contributed by atoms with E-state index >= 15 is 0 Å². The first-order chi connectivity index (χ1) is 12.3. The van der Waals surface area contributed by atoms with Crippen LogP contribution >= 0.6 is 0 Å². The van der Waals surface area contributed by atoms with Crippen LogP contribution in [0.2, 0.25) is 0 Å². The van der Waals surface area contributed by atoms with Crippen molar-refractivity contribution in [3.8, 4) is 11.3 Å². The van der Waals surface area contributed by atoms with Crippen molar-refractivity contribution in [2.75, 3.05) is 6.26 Å². The summed E-state index contributed by atoms with van der Waals surface area (Å²) in [5, 5.41) is 16.5. The number of benzene rings is 1. The molecule has 7 heteroatoms. The summed E-state index contributed by atoms with van der Waals surface area (Å²) in [6.07, 6.45) is 6.94. The second-order valence-corrected chi connectivity index (χ2v) is 9.17. The van der Waals surface area contributed by atoms with Crippen LogP contribution in [0.25, 0.3) is 11.3 Å². The van der Waals surface area contributed by atoms with E-state index in [4.69, 9.17) is 0 Å². The van der Waals surface area contributed by atoms with E-state index in [1.807, 2.05) is 0 Å². The molecule has 0 amide bonds. The number of nitrogens with zero attached hydrogens (tertiary/aromatic N) is 1. The normalized spacial score (nSPS) is 17.2. The molecule has 1 heterocycles. The van der Waals surface area contributed by atoms with Crippen LogP contribution in [-0.2, 0) is 9.84 Å². The molecule has 1 aromatic carbocycles. The molecule has 0 saturated heterocycles. The predicted octanol–water partition coefficient (Wildman–Crippen LogP) is 3.86. The van der Waals surface area contributed by atoms with E-state index in [0.29, 0.717) is 11.6 Å². The van der Waals surface area contributed by atoms with Crippen LogP contribution in [0.4, 0.5) is 0 Å². The Labute approximate surface area is 153 Å². The summed E-state index contributed by atoms with van der Waals surface area (Å²) in [6, 6.07) is 6.45. The van der Waals surface area contributed by atoms with Crippen molar-refractivity contribution < 1.29 is 18.3 Å². The molecule has 1 unspecified atom stereocenters. The highest BCUT2D eigenvalue weighted by molar-refractivity contribution is 7.90. The van der Waals surface area contributed by atoms with Crippen LogP contribution in [0.15, 0.2) is 29.2 Å². The topological polar surface area (TPSA) is 100 Å². The Bertz CT molecular complexity index is 894. The molecule has 3 rings (SSSR count). The highest BCUT2D eigenvalue weighted by atomic mass is 32.2. The molecule has 2 N–H and O–H groups in total. The molecule has 1 aliphatic rings. The third-order valence-corrected chi connectivity index (χ3v) is 6.51. The number of carboxylic acid groups (broad SMARTS) is 1. The highest BCUT2D eigenvalue weighted by Gasteiger charge is 2.30. The van der Waals surface area contributed by atoms with Crippen LogP contribution in [0.1, 0.15) is 61.0 Å². The van der Waals surface area contributed by atoms with Gasteiger partial charge in [0.25, 0.3) is 0 Å². The number of aromatic carboxylic acids is 1. The highest BCUT2D eigenvalue weighted by Crippen LogP contribution is 2.40. The lowest BCUT2D eigenvalue weighted by Gasteiger charge is -2.28. The van der Waals surface area contributed by atoms with Crippen molar-refractivity contribution in [1.29, 1.82) is 0 Å². The summed E-state index contributed by atoms with van der Waals surface area (Å²) < 4.78 is 23.3. The lowest BCUT2D eigenvalue weighted by atomic mass is 9.76. The van der Waals surface area contributed by atoms with Gasteiger partial charge in [-0.25, -0.2) is 13.2 Å². The number of aromatic amines is 1. The third-order valence-electron chi connectivity index (χ3n) is 5.39. The molecule has 6 nitrogen and oxygen atoms in total. The van der Waals surface area contributed by atoms with Gasteiger partial charge in [-0.15, -0.1) is 0 Å². The first-order valence-corrected chi connectivity index (χ1v) is 10.8. The van der Waals surface area contributed by atoms with E-state index in [1.54, 1.807) is 12.1 Å². The summed E-state index contributed by atoms with van der Waals surface area (Å²) in [5.74, 6) is -0.507. The fourth-order valence-corrected chi connectivity index (χ4v) is 4.54. The predicted molar refractivity (Wildman–Crippen MR) is 99.1 cm³/mol. The summed E-state index contributed by atoms with van der Waals surface area (Å²) in [4.78, 5) is 11.9. The monoisotopic (exact) mass is 376 g/mol. The van der Waals surface area contributed by atoms with Crippen LogP contribution in [-0.4, -0.2) is 35.9 Å². The van der Waals surface area contributed by atoms with E-state index < -0.39 is 15.8 Å². The minimum absolute atomic E-state index is 0.0738. The lowest BCUT2D eigenvalue weighted by Crippen LogP contribution is -2.16. The van der Waals surface area contributed by atoms with Gasteiger partial charge in [0, 0.05) is 17.4 Å². The summed E-state index contributed by atoms with van der Waals surface area (Å²) >= 11 is 0. The summed E-state index contributed by atoms with van der Waals surface area (Å²) in [7, 11) is -3.28. The second kappa shape index (κ2) is 7.23. The smallest absolute Gasteiger partial charge is 0.354 e. The lowest BCUT2D eigenvalue weighted by molar-refractivity contribution is 0.0688. The standard InChI is InChI=1S/C19H24N2O4S/c1-12(13-6-4-3-5-7-13)16-17(20-21-18(16)19(22)23)14-8-10-15(11-9-14)26(2,24)25/h8-13H,3-7H2,1-2H3,(H,20,21)(H,22,23). The molecule has 1 aromatic heterocycles. The van der Waals surface area contributed by atoms with E-state index in [-0.39, 0.29) is 16.5 Å². The van der Waals surface area contributed by atoms with Gasteiger partial charge in [0.2, 0.25) is 0 Å². The van der Waals surface area contributed by atoms with Crippen molar-refractivity contribution in [3.05, 3.63) is 35.5 Å². The van der Waals surface area contributed by atoms with Gasteiger partial charge < -0.3 is 5.11 Å². The van der Waals surface area contributed by atoms with Gasteiger partial charge in [-0.3, -0.25) is 5.10 Å². The zero-order chi connectivity index (χ0) is 18.9. The first-order valence-electron chi connectivity index (χ1n) is 8.91. The Morgan fingerprint density at radius 1 is 1.19 bits per heavy atom. The number of aromatic nitrogens is 2. The van der Waals surface area contributed by atoms with Crippen LogP contribution < -0.4 is 0 Å². The molecule has 0 spiro atoms. The second-order valence-electron chi connectivity index (χ2n) is 7.15. The van der Waals surface area contributed by atoms with Crippen LogP contribution in [0.3, 0.4) is 0 Å². The van der Waals surface area contributed by atoms with Crippen molar-refractivity contribution in [2.24, 2.45) is 5.92 Å². The zero-order valence-electron chi connectivity index (χ0n) is 15.0. The fourth-order valence-electron chi connectivity index (χ4n) is 3.91. The zero-order valence-corrected chi connectivity index (χ0v) is 15.8. The maximum Gasteiger partial charge on any atom is 0.354 e. The Hall–Kier alpha value is -2.15. The largest absolute Gasteiger partial charge is 0.477 e. The molecule has 2 aromatic rings. The minimum Gasteiger partial charge on any atom is -0.477 e. The number of carboxylic acids is 1. The molecular weight excluding hydrogens is 352 g/mol. The molecule has 1 saturated carbocycles. The summed E-state index contributed by atoms with van der Waals surface area (Å²) in [5.41, 5.74) is 2.17. The van der Waals surface area contributed by atoms with Gasteiger partial charge in [0.05, 0.1) is 10.6 Å². The molecule has 0 aliphatic heterocycles. The first kappa shape index (κ1) is 18.6. The number of sulfone groups is 1. The average Bonchev–Trinajstić information content (AvgIpc) is 3.06. The Morgan fingerprint density at radius 2 is 1.81 bits per heavy atom. The molecular formula is C19H24N2O4S. The van der Waals surface area contributed by atoms with Crippen LogP contribution in [0.5, 0.6) is 0 Å². The number of carbonyl (C=O) groups is 1.